The zero-order valence-corrected chi connectivity index (χ0v) is 18.8. The van der Waals surface area contributed by atoms with E-state index in [0.717, 1.165) is 28.0 Å². The zero-order chi connectivity index (χ0) is 18.4. The van der Waals surface area contributed by atoms with E-state index in [1.54, 1.807) is 21.3 Å². The molecule has 2 rings (SSSR count). The number of nitrogens with zero attached hydrogens (tertiary/aromatic N) is 3. The predicted octanol–water partition coefficient (Wildman–Crippen LogP) is 3.52. The first-order valence-corrected chi connectivity index (χ1v) is 8.30. The number of rotatable bonds is 6. The van der Waals surface area contributed by atoms with Crippen molar-refractivity contribution in [3.05, 3.63) is 46.7 Å². The first kappa shape index (κ1) is 22.4. The fourth-order valence-corrected chi connectivity index (χ4v) is 2.97. The van der Waals surface area contributed by atoms with Crippen molar-refractivity contribution in [1.29, 1.82) is 0 Å². The van der Waals surface area contributed by atoms with Gasteiger partial charge in [0.1, 0.15) is 0 Å². The maximum absolute atomic E-state index is 6.05. The second kappa shape index (κ2) is 10.5. The van der Waals surface area contributed by atoms with Crippen molar-refractivity contribution < 1.29 is 9.47 Å². The first-order chi connectivity index (χ1) is 12.0. The van der Waals surface area contributed by atoms with E-state index in [-0.39, 0.29) is 24.0 Å². The fourth-order valence-electron chi connectivity index (χ4n) is 2.69. The topological polar surface area (TPSA) is 51.0 Å². The van der Waals surface area contributed by atoms with Crippen LogP contribution in [0, 0.1) is 0 Å². The Morgan fingerprint density at radius 1 is 1.31 bits per heavy atom. The normalized spacial score (nSPS) is 10.9. The standard InChI is InChI=1S/C18H25ClN4O2.HI/c1-20-18(23(3)12-15-9-14(19)11-22(15)2)21-10-13-7-6-8-16(24-4)17(13)25-5;/h6-9,11H,10,12H2,1-5H3,(H,20,21);1H. The lowest BCUT2D eigenvalue weighted by Gasteiger charge is -2.23. The van der Waals surface area contributed by atoms with Crippen LogP contribution in [0.3, 0.4) is 0 Å². The molecule has 0 unspecified atom stereocenters. The molecule has 0 saturated carbocycles. The maximum atomic E-state index is 6.05. The van der Waals surface area contributed by atoms with E-state index >= 15 is 0 Å². The number of aliphatic imine (C=N–C) groups is 1. The monoisotopic (exact) mass is 492 g/mol. The molecule has 0 aliphatic rings. The van der Waals surface area contributed by atoms with E-state index in [2.05, 4.69) is 10.3 Å². The number of benzene rings is 1. The second-order valence-corrected chi connectivity index (χ2v) is 6.11. The molecule has 0 fully saturated rings. The minimum absolute atomic E-state index is 0. The summed E-state index contributed by atoms with van der Waals surface area (Å²) < 4.78 is 12.8. The predicted molar refractivity (Wildman–Crippen MR) is 117 cm³/mol. The van der Waals surface area contributed by atoms with Crippen LogP contribution < -0.4 is 14.8 Å². The first-order valence-electron chi connectivity index (χ1n) is 7.92. The number of halogens is 2. The van der Waals surface area contributed by atoms with Crippen LogP contribution in [0.25, 0.3) is 0 Å². The van der Waals surface area contributed by atoms with Gasteiger partial charge in [0, 0.05) is 45.1 Å². The van der Waals surface area contributed by atoms with Gasteiger partial charge in [-0.25, -0.2) is 0 Å². The highest BCUT2D eigenvalue weighted by Gasteiger charge is 2.13. The molecule has 0 aliphatic heterocycles. The molecule has 0 saturated heterocycles. The van der Waals surface area contributed by atoms with Crippen LogP contribution in [0.4, 0.5) is 0 Å². The average molecular weight is 493 g/mol. The van der Waals surface area contributed by atoms with Gasteiger partial charge in [0.2, 0.25) is 0 Å². The number of aryl methyl sites for hydroxylation is 1. The molecule has 6 nitrogen and oxygen atoms in total. The van der Waals surface area contributed by atoms with Gasteiger partial charge in [-0.3, -0.25) is 4.99 Å². The third kappa shape index (κ3) is 5.44. The molecule has 2 aromatic rings. The Kier molecular flexibility index (Phi) is 9.07. The summed E-state index contributed by atoms with van der Waals surface area (Å²) in [4.78, 5) is 6.39. The van der Waals surface area contributed by atoms with Crippen LogP contribution in [-0.4, -0.2) is 43.7 Å². The summed E-state index contributed by atoms with van der Waals surface area (Å²) in [7, 11) is 9.00. The summed E-state index contributed by atoms with van der Waals surface area (Å²) >= 11 is 6.05. The molecule has 26 heavy (non-hydrogen) atoms. The number of methoxy groups -OCH3 is 2. The van der Waals surface area contributed by atoms with Crippen LogP contribution in [-0.2, 0) is 20.1 Å². The fraction of sp³-hybridized carbons (Fsp3) is 0.389. The highest BCUT2D eigenvalue weighted by Crippen LogP contribution is 2.30. The summed E-state index contributed by atoms with van der Waals surface area (Å²) in [6.07, 6.45) is 1.89. The highest BCUT2D eigenvalue weighted by molar-refractivity contribution is 14.0. The molecule has 1 N–H and O–H groups in total. The van der Waals surface area contributed by atoms with Gasteiger partial charge < -0.3 is 24.3 Å². The third-order valence-electron chi connectivity index (χ3n) is 3.97. The van der Waals surface area contributed by atoms with E-state index in [1.807, 2.05) is 54.0 Å². The summed E-state index contributed by atoms with van der Waals surface area (Å²) in [6, 6.07) is 7.77. The molecule has 0 bridgehead atoms. The molecular weight excluding hydrogens is 467 g/mol. The summed E-state index contributed by atoms with van der Waals surface area (Å²) in [5.74, 6) is 2.22. The van der Waals surface area contributed by atoms with E-state index in [1.165, 1.54) is 0 Å². The maximum Gasteiger partial charge on any atom is 0.194 e. The van der Waals surface area contributed by atoms with E-state index < -0.39 is 0 Å². The molecule has 1 heterocycles. The van der Waals surface area contributed by atoms with Gasteiger partial charge in [0.15, 0.2) is 17.5 Å². The van der Waals surface area contributed by atoms with Crippen LogP contribution in [0.2, 0.25) is 5.02 Å². The van der Waals surface area contributed by atoms with Gasteiger partial charge in [-0.1, -0.05) is 23.7 Å². The van der Waals surface area contributed by atoms with E-state index in [9.17, 15) is 0 Å². The molecule has 8 heteroatoms. The number of hydrogen-bond acceptors (Lipinski definition) is 3. The smallest absolute Gasteiger partial charge is 0.194 e. The molecule has 144 valence electrons. The summed E-state index contributed by atoms with van der Waals surface area (Å²) in [5, 5.41) is 4.09. The Hall–Kier alpha value is -1.61. The van der Waals surface area contributed by atoms with E-state index in [4.69, 9.17) is 21.1 Å². The number of guanidine groups is 1. The third-order valence-corrected chi connectivity index (χ3v) is 4.18. The number of ether oxygens (including phenoxy) is 2. The van der Waals surface area contributed by atoms with Gasteiger partial charge in [-0.15, -0.1) is 24.0 Å². The minimum Gasteiger partial charge on any atom is -0.493 e. The average Bonchev–Trinajstić information content (AvgIpc) is 2.92. The Balaban J connectivity index is 0.00000338. The van der Waals surface area contributed by atoms with Gasteiger partial charge in [0.05, 0.1) is 25.8 Å². The van der Waals surface area contributed by atoms with Gasteiger partial charge in [-0.05, 0) is 12.1 Å². The molecule has 1 aromatic carbocycles. The number of aromatic nitrogens is 1. The molecular formula is C18H26ClIN4O2. The van der Waals surface area contributed by atoms with Gasteiger partial charge in [0.25, 0.3) is 0 Å². The van der Waals surface area contributed by atoms with Crippen molar-refractivity contribution in [2.24, 2.45) is 12.0 Å². The molecule has 0 spiro atoms. The number of nitrogens with one attached hydrogen (secondary N) is 1. The summed E-state index contributed by atoms with van der Waals surface area (Å²) in [5.41, 5.74) is 2.10. The number of para-hydroxylation sites is 1. The SMILES string of the molecule is CN=C(NCc1cccc(OC)c1OC)N(C)Cc1cc(Cl)cn1C.I. The largest absolute Gasteiger partial charge is 0.493 e. The Morgan fingerprint density at radius 2 is 2.04 bits per heavy atom. The molecule has 1 aromatic heterocycles. The van der Waals surface area contributed by atoms with Crippen molar-refractivity contribution >= 4 is 41.5 Å². The molecule has 0 aliphatic carbocycles. The molecule has 0 atom stereocenters. The van der Waals surface area contributed by atoms with Crippen molar-refractivity contribution in [2.75, 3.05) is 28.3 Å². The van der Waals surface area contributed by atoms with E-state index in [0.29, 0.717) is 18.8 Å². The van der Waals surface area contributed by atoms with Crippen molar-refractivity contribution in [3.8, 4) is 11.5 Å². The van der Waals surface area contributed by atoms with Gasteiger partial charge >= 0.3 is 0 Å². The van der Waals surface area contributed by atoms with Crippen LogP contribution in [0.15, 0.2) is 35.5 Å². The van der Waals surface area contributed by atoms with Crippen molar-refractivity contribution in [3.63, 3.8) is 0 Å². The quantitative estimate of drug-likeness (QED) is 0.381. The Labute approximate surface area is 177 Å². The number of hydrogen-bond donors (Lipinski definition) is 1. The molecule has 0 amide bonds. The minimum atomic E-state index is 0. The lowest BCUT2D eigenvalue weighted by molar-refractivity contribution is 0.351. The molecule has 0 radical (unpaired) electrons. The van der Waals surface area contributed by atoms with Crippen molar-refractivity contribution in [2.45, 2.75) is 13.1 Å². The Bertz CT molecular complexity index is 749. The van der Waals surface area contributed by atoms with Crippen LogP contribution in [0.5, 0.6) is 11.5 Å². The summed E-state index contributed by atoms with van der Waals surface area (Å²) in [6.45, 7) is 1.27. The van der Waals surface area contributed by atoms with Crippen LogP contribution in [0.1, 0.15) is 11.3 Å². The van der Waals surface area contributed by atoms with Gasteiger partial charge in [-0.2, -0.15) is 0 Å². The zero-order valence-electron chi connectivity index (χ0n) is 15.7. The second-order valence-electron chi connectivity index (χ2n) is 5.67. The van der Waals surface area contributed by atoms with Crippen LogP contribution >= 0.6 is 35.6 Å². The highest BCUT2D eigenvalue weighted by atomic mass is 127. The lowest BCUT2D eigenvalue weighted by atomic mass is 10.2. The lowest BCUT2D eigenvalue weighted by Crippen LogP contribution is -2.38. The van der Waals surface area contributed by atoms with Crippen molar-refractivity contribution in [1.82, 2.24) is 14.8 Å². The Morgan fingerprint density at radius 3 is 2.58 bits per heavy atom.